The van der Waals surface area contributed by atoms with Crippen LogP contribution in [0.1, 0.15) is 24.5 Å². The van der Waals surface area contributed by atoms with Crippen LogP contribution in [0.25, 0.3) is 21.9 Å². The molecule has 5 nitrogen and oxygen atoms in total. The molecule has 1 saturated heterocycles. The predicted molar refractivity (Wildman–Crippen MR) is 89.3 cm³/mol. The Labute approximate surface area is 135 Å². The van der Waals surface area contributed by atoms with Gasteiger partial charge in [0.1, 0.15) is 0 Å². The lowest BCUT2D eigenvalue weighted by Crippen LogP contribution is -2.19. The molecule has 1 fully saturated rings. The molecule has 0 spiro atoms. The van der Waals surface area contributed by atoms with Gasteiger partial charge < -0.3 is 9.72 Å². The Kier molecular flexibility index (Phi) is 3.31. The van der Waals surface area contributed by atoms with Crippen LogP contribution in [0.3, 0.4) is 0 Å². The number of H-pyrrole nitrogens is 1. The van der Waals surface area contributed by atoms with E-state index < -0.39 is 0 Å². The Morgan fingerprint density at radius 1 is 1.45 bits per heavy atom. The number of aryl methyl sites for hydroxylation is 1. The maximum absolute atomic E-state index is 12.1. The fourth-order valence-corrected chi connectivity index (χ4v) is 3.60. The first kappa shape index (κ1) is 14.0. The minimum absolute atomic E-state index is 0.109. The molecule has 0 unspecified atom stereocenters. The van der Waals surface area contributed by atoms with Gasteiger partial charge in [0, 0.05) is 29.4 Å². The van der Waals surface area contributed by atoms with E-state index in [1.807, 2.05) is 18.2 Å². The van der Waals surface area contributed by atoms with Gasteiger partial charge in [-0.15, -0.1) is 0 Å². The molecular weight excluding hydrogens is 346 g/mol. The van der Waals surface area contributed by atoms with Gasteiger partial charge in [0.25, 0.3) is 0 Å². The number of ether oxygens (including phenoxy) is 1. The molecule has 1 aliphatic heterocycles. The first-order valence-corrected chi connectivity index (χ1v) is 8.20. The molecule has 3 heterocycles. The van der Waals surface area contributed by atoms with E-state index in [2.05, 4.69) is 20.9 Å². The summed E-state index contributed by atoms with van der Waals surface area (Å²) < 4.78 is 8.25. The van der Waals surface area contributed by atoms with Crippen molar-refractivity contribution >= 4 is 37.9 Å². The Morgan fingerprint density at radius 3 is 3.09 bits per heavy atom. The summed E-state index contributed by atoms with van der Waals surface area (Å²) in [6, 6.07) is 5.96. The quantitative estimate of drug-likeness (QED) is 0.724. The van der Waals surface area contributed by atoms with Crippen LogP contribution in [-0.4, -0.2) is 27.7 Å². The summed E-state index contributed by atoms with van der Waals surface area (Å²) >= 11 is 3.49. The van der Waals surface area contributed by atoms with E-state index >= 15 is 0 Å². The lowest BCUT2D eigenvalue weighted by atomic mass is 9.96. The number of halogens is 1. The normalized spacial score (nSPS) is 19.1. The van der Waals surface area contributed by atoms with Crippen molar-refractivity contribution in [3.63, 3.8) is 0 Å². The van der Waals surface area contributed by atoms with E-state index in [4.69, 9.17) is 9.72 Å². The van der Waals surface area contributed by atoms with Gasteiger partial charge in [-0.1, -0.05) is 15.9 Å². The third-order valence-corrected chi connectivity index (χ3v) is 4.86. The number of hydrogen-bond acceptors (Lipinski definition) is 3. The lowest BCUT2D eigenvalue weighted by Gasteiger charge is -2.22. The van der Waals surface area contributed by atoms with Crippen LogP contribution >= 0.6 is 15.9 Å². The fourth-order valence-electron chi connectivity index (χ4n) is 3.24. The molecule has 0 amide bonds. The molecule has 2 aromatic heterocycles. The third kappa shape index (κ3) is 2.09. The zero-order chi connectivity index (χ0) is 15.3. The van der Waals surface area contributed by atoms with Gasteiger partial charge in [-0.2, -0.15) is 0 Å². The summed E-state index contributed by atoms with van der Waals surface area (Å²) in [7, 11) is 1.79. The molecule has 1 aromatic carbocycles. The first-order chi connectivity index (χ1) is 10.6. The molecule has 1 aliphatic rings. The van der Waals surface area contributed by atoms with Crippen molar-refractivity contribution in [1.29, 1.82) is 0 Å². The molecule has 4 rings (SSSR count). The second-order valence-electron chi connectivity index (χ2n) is 5.79. The van der Waals surface area contributed by atoms with Crippen LogP contribution in [0.4, 0.5) is 0 Å². The number of pyridine rings is 1. The summed E-state index contributed by atoms with van der Waals surface area (Å²) in [6.07, 6.45) is 2.08. The van der Waals surface area contributed by atoms with E-state index in [1.54, 1.807) is 11.6 Å². The van der Waals surface area contributed by atoms with Crippen LogP contribution in [0, 0.1) is 0 Å². The van der Waals surface area contributed by atoms with Gasteiger partial charge in [-0.25, -0.2) is 4.79 Å². The minimum Gasteiger partial charge on any atom is -0.381 e. The Morgan fingerprint density at radius 2 is 2.32 bits per heavy atom. The highest BCUT2D eigenvalue weighted by atomic mass is 79.9. The second kappa shape index (κ2) is 5.21. The van der Waals surface area contributed by atoms with Crippen LogP contribution in [-0.2, 0) is 11.8 Å². The third-order valence-electron chi connectivity index (χ3n) is 4.37. The molecular formula is C16H16BrN3O2. The van der Waals surface area contributed by atoms with Crippen molar-refractivity contribution in [1.82, 2.24) is 14.5 Å². The molecule has 1 atom stereocenters. The van der Waals surface area contributed by atoms with Gasteiger partial charge in [0.15, 0.2) is 0 Å². The van der Waals surface area contributed by atoms with Gasteiger partial charge >= 0.3 is 5.69 Å². The van der Waals surface area contributed by atoms with Crippen molar-refractivity contribution < 1.29 is 4.74 Å². The van der Waals surface area contributed by atoms with Gasteiger partial charge in [-0.05, 0) is 31.0 Å². The number of rotatable bonds is 1. The van der Waals surface area contributed by atoms with E-state index in [-0.39, 0.29) is 11.6 Å². The molecule has 0 saturated carbocycles. The first-order valence-electron chi connectivity index (χ1n) is 7.41. The SMILES string of the molecule is Cn1c(=O)[nH]c2c3cc(Br)ccc3nc([C@H]3CCCOC3)c21. The van der Waals surface area contributed by atoms with E-state index in [0.717, 1.165) is 51.6 Å². The molecule has 114 valence electrons. The van der Waals surface area contributed by atoms with Crippen LogP contribution < -0.4 is 5.69 Å². The van der Waals surface area contributed by atoms with Crippen molar-refractivity contribution in [3.8, 4) is 0 Å². The standard InChI is InChI=1S/C16H16BrN3O2/c1-20-15-13(9-3-2-6-22-8-9)18-12-5-4-10(17)7-11(12)14(15)19-16(20)21/h4-5,7,9H,2-3,6,8H2,1H3,(H,19,21)/t9-/m0/s1. The number of imidazole rings is 1. The maximum atomic E-state index is 12.1. The minimum atomic E-state index is -0.109. The molecule has 0 aliphatic carbocycles. The van der Waals surface area contributed by atoms with Gasteiger partial charge in [-0.3, -0.25) is 9.55 Å². The van der Waals surface area contributed by atoms with Gasteiger partial charge in [0.05, 0.1) is 28.9 Å². The smallest absolute Gasteiger partial charge is 0.326 e. The van der Waals surface area contributed by atoms with Crippen molar-refractivity contribution in [2.24, 2.45) is 7.05 Å². The predicted octanol–water partition coefficient (Wildman–Crippen LogP) is 3.07. The van der Waals surface area contributed by atoms with Crippen molar-refractivity contribution in [3.05, 3.63) is 38.9 Å². The molecule has 22 heavy (non-hydrogen) atoms. The molecule has 1 N–H and O–H groups in total. The summed E-state index contributed by atoms with van der Waals surface area (Å²) in [5.41, 5.74) is 3.51. The molecule has 0 radical (unpaired) electrons. The number of fused-ring (bicyclic) bond motifs is 3. The number of aromatic amines is 1. The second-order valence-corrected chi connectivity index (χ2v) is 6.70. The lowest BCUT2D eigenvalue weighted by molar-refractivity contribution is 0.0797. The number of benzene rings is 1. The van der Waals surface area contributed by atoms with E-state index in [0.29, 0.717) is 6.61 Å². The average Bonchev–Trinajstić information content (AvgIpc) is 2.84. The van der Waals surface area contributed by atoms with Crippen LogP contribution in [0.2, 0.25) is 0 Å². The highest BCUT2D eigenvalue weighted by Gasteiger charge is 2.23. The van der Waals surface area contributed by atoms with Crippen LogP contribution in [0.5, 0.6) is 0 Å². The topological polar surface area (TPSA) is 59.9 Å². The number of nitrogens with zero attached hydrogens (tertiary/aromatic N) is 2. The monoisotopic (exact) mass is 361 g/mol. The molecule has 6 heteroatoms. The largest absolute Gasteiger partial charge is 0.381 e. The fraction of sp³-hybridized carbons (Fsp3) is 0.375. The number of hydrogen-bond donors (Lipinski definition) is 1. The van der Waals surface area contributed by atoms with Crippen molar-refractivity contribution in [2.75, 3.05) is 13.2 Å². The summed E-state index contributed by atoms with van der Waals surface area (Å²) in [5.74, 6) is 0.241. The average molecular weight is 362 g/mol. The zero-order valence-corrected chi connectivity index (χ0v) is 13.8. The van der Waals surface area contributed by atoms with E-state index in [9.17, 15) is 4.79 Å². The summed E-state index contributed by atoms with van der Waals surface area (Å²) in [6.45, 7) is 1.48. The molecule has 3 aromatic rings. The Bertz CT molecular complexity index is 922. The van der Waals surface area contributed by atoms with Crippen molar-refractivity contribution in [2.45, 2.75) is 18.8 Å². The summed E-state index contributed by atoms with van der Waals surface area (Å²) in [4.78, 5) is 20.0. The summed E-state index contributed by atoms with van der Waals surface area (Å²) in [5, 5.41) is 0.961. The van der Waals surface area contributed by atoms with Gasteiger partial charge in [0.2, 0.25) is 0 Å². The molecule has 0 bridgehead atoms. The zero-order valence-electron chi connectivity index (χ0n) is 12.2. The highest BCUT2D eigenvalue weighted by molar-refractivity contribution is 9.10. The highest BCUT2D eigenvalue weighted by Crippen LogP contribution is 2.33. The number of nitrogens with one attached hydrogen (secondary N) is 1. The maximum Gasteiger partial charge on any atom is 0.326 e. The Hall–Kier alpha value is -1.66. The van der Waals surface area contributed by atoms with Crippen LogP contribution in [0.15, 0.2) is 27.5 Å². The Balaban J connectivity index is 2.09. The number of aromatic nitrogens is 3. The van der Waals surface area contributed by atoms with E-state index in [1.165, 1.54) is 0 Å².